The van der Waals surface area contributed by atoms with E-state index in [2.05, 4.69) is 26.1 Å². The first-order valence-electron chi connectivity index (χ1n) is 7.62. The van der Waals surface area contributed by atoms with Gasteiger partial charge in [-0.2, -0.15) is 0 Å². The van der Waals surface area contributed by atoms with Crippen LogP contribution in [-0.2, 0) is 0 Å². The maximum Gasteiger partial charge on any atom is 0.119 e. The van der Waals surface area contributed by atoms with Crippen molar-refractivity contribution < 1.29 is 4.74 Å². The Morgan fingerprint density at radius 3 is 2.81 bits per heavy atom. The van der Waals surface area contributed by atoms with Crippen molar-refractivity contribution >= 4 is 0 Å². The van der Waals surface area contributed by atoms with E-state index in [1.165, 1.54) is 25.9 Å². The Balaban J connectivity index is 1.60. The molecule has 5 heteroatoms. The van der Waals surface area contributed by atoms with Gasteiger partial charge in [-0.1, -0.05) is 17.3 Å². The fraction of sp³-hybridized carbons (Fsp3) is 0.500. The summed E-state index contributed by atoms with van der Waals surface area (Å²) in [6, 6.07) is 8.47. The van der Waals surface area contributed by atoms with Crippen LogP contribution in [0.4, 0.5) is 0 Å². The lowest BCUT2D eigenvalue weighted by molar-refractivity contribution is 0.0504. The van der Waals surface area contributed by atoms with Gasteiger partial charge in [0.15, 0.2) is 0 Å². The van der Waals surface area contributed by atoms with Crippen LogP contribution in [0.15, 0.2) is 30.5 Å². The highest BCUT2D eigenvalue weighted by Gasteiger charge is 2.35. The zero-order chi connectivity index (χ0) is 14.2. The van der Waals surface area contributed by atoms with Crippen LogP contribution in [0.3, 0.4) is 0 Å². The van der Waals surface area contributed by atoms with E-state index in [1.54, 1.807) is 7.11 Å². The van der Waals surface area contributed by atoms with Gasteiger partial charge in [0.25, 0.3) is 0 Å². The fourth-order valence-electron chi connectivity index (χ4n) is 3.59. The van der Waals surface area contributed by atoms with Crippen molar-refractivity contribution in [3.8, 4) is 17.0 Å². The van der Waals surface area contributed by atoms with Crippen LogP contribution < -0.4 is 4.74 Å². The summed E-state index contributed by atoms with van der Waals surface area (Å²) in [4.78, 5) is 2.54. The number of aromatic nitrogens is 3. The van der Waals surface area contributed by atoms with E-state index in [0.717, 1.165) is 29.5 Å². The van der Waals surface area contributed by atoms with Gasteiger partial charge in [0.2, 0.25) is 0 Å². The van der Waals surface area contributed by atoms with E-state index < -0.39 is 0 Å². The number of piperidine rings is 3. The molecule has 3 aliphatic heterocycles. The first kappa shape index (κ1) is 12.8. The van der Waals surface area contributed by atoms with E-state index in [0.29, 0.717) is 6.04 Å². The van der Waals surface area contributed by atoms with Crippen molar-refractivity contribution in [2.45, 2.75) is 18.9 Å². The normalized spacial score (nSPS) is 27.8. The van der Waals surface area contributed by atoms with Crippen LogP contribution in [0, 0.1) is 5.92 Å². The summed E-state index contributed by atoms with van der Waals surface area (Å²) in [5, 5.41) is 8.75. The molecule has 3 fully saturated rings. The van der Waals surface area contributed by atoms with Crippen molar-refractivity contribution in [1.29, 1.82) is 0 Å². The van der Waals surface area contributed by atoms with Gasteiger partial charge in [-0.3, -0.25) is 0 Å². The molecule has 1 atom stereocenters. The van der Waals surface area contributed by atoms with Crippen molar-refractivity contribution in [3.05, 3.63) is 30.5 Å². The maximum atomic E-state index is 5.28. The number of benzene rings is 1. The quantitative estimate of drug-likeness (QED) is 0.867. The van der Waals surface area contributed by atoms with Gasteiger partial charge in [-0.05, 0) is 44.0 Å². The summed E-state index contributed by atoms with van der Waals surface area (Å²) < 4.78 is 7.35. The first-order valence-corrected chi connectivity index (χ1v) is 7.62. The zero-order valence-corrected chi connectivity index (χ0v) is 12.3. The molecule has 0 spiro atoms. The van der Waals surface area contributed by atoms with Crippen LogP contribution in [0.1, 0.15) is 18.9 Å². The minimum Gasteiger partial charge on any atom is -0.497 e. The zero-order valence-electron chi connectivity index (χ0n) is 12.3. The minimum atomic E-state index is 0.486. The van der Waals surface area contributed by atoms with E-state index >= 15 is 0 Å². The molecule has 3 saturated heterocycles. The third-order valence-electron chi connectivity index (χ3n) is 4.84. The summed E-state index contributed by atoms with van der Waals surface area (Å²) >= 11 is 0. The second-order valence-corrected chi connectivity index (χ2v) is 6.02. The molecule has 0 amide bonds. The molecule has 1 aromatic heterocycles. The van der Waals surface area contributed by atoms with E-state index in [-0.39, 0.29) is 0 Å². The fourth-order valence-corrected chi connectivity index (χ4v) is 3.59. The molecule has 1 aromatic carbocycles. The van der Waals surface area contributed by atoms with Crippen LogP contribution in [0.25, 0.3) is 11.3 Å². The second kappa shape index (κ2) is 5.15. The molecule has 5 nitrogen and oxygen atoms in total. The maximum absolute atomic E-state index is 5.28. The summed E-state index contributed by atoms with van der Waals surface area (Å²) in [5.74, 6) is 1.61. The van der Waals surface area contributed by atoms with Gasteiger partial charge in [0.05, 0.1) is 19.3 Å². The molecular formula is C16H20N4O. The number of hydrogen-bond donors (Lipinski definition) is 0. The number of hydrogen-bond acceptors (Lipinski definition) is 4. The Morgan fingerprint density at radius 1 is 1.24 bits per heavy atom. The van der Waals surface area contributed by atoms with Gasteiger partial charge < -0.3 is 9.64 Å². The molecule has 4 heterocycles. The molecular weight excluding hydrogens is 264 g/mol. The Hall–Kier alpha value is -1.88. The Bertz CT molecular complexity index is 631. The Kier molecular flexibility index (Phi) is 3.15. The van der Waals surface area contributed by atoms with Crippen LogP contribution in [-0.4, -0.2) is 46.6 Å². The molecule has 2 bridgehead atoms. The molecule has 0 radical (unpaired) electrons. The number of rotatable bonds is 3. The van der Waals surface area contributed by atoms with E-state index in [1.807, 2.05) is 24.3 Å². The average molecular weight is 284 g/mol. The standard InChI is InChI=1S/C16H20N4O/c1-21-14-4-2-3-13(9-14)15-10-20(18-17-15)16-11-19-7-5-12(16)6-8-19/h2-4,9-10,12,16H,5-8,11H2,1H3/t16-/m0/s1. The first-order chi connectivity index (χ1) is 10.3. The van der Waals surface area contributed by atoms with Gasteiger partial charge in [0, 0.05) is 12.1 Å². The van der Waals surface area contributed by atoms with E-state index in [4.69, 9.17) is 4.74 Å². The number of nitrogens with zero attached hydrogens (tertiary/aromatic N) is 4. The molecule has 21 heavy (non-hydrogen) atoms. The van der Waals surface area contributed by atoms with Crippen LogP contribution in [0.5, 0.6) is 5.75 Å². The van der Waals surface area contributed by atoms with Crippen molar-refractivity contribution in [2.75, 3.05) is 26.7 Å². The predicted molar refractivity (Wildman–Crippen MR) is 80.2 cm³/mol. The third kappa shape index (κ3) is 2.31. The third-order valence-corrected chi connectivity index (χ3v) is 4.84. The number of fused-ring (bicyclic) bond motifs is 3. The van der Waals surface area contributed by atoms with E-state index in [9.17, 15) is 0 Å². The smallest absolute Gasteiger partial charge is 0.119 e. The largest absolute Gasteiger partial charge is 0.497 e. The summed E-state index contributed by atoms with van der Waals surface area (Å²) in [6.45, 7) is 3.61. The summed E-state index contributed by atoms with van der Waals surface area (Å²) in [5.41, 5.74) is 1.98. The lowest BCUT2D eigenvalue weighted by Gasteiger charge is -2.44. The van der Waals surface area contributed by atoms with Crippen LogP contribution in [0.2, 0.25) is 0 Å². The Morgan fingerprint density at radius 2 is 2.10 bits per heavy atom. The highest BCUT2D eigenvalue weighted by molar-refractivity contribution is 5.59. The van der Waals surface area contributed by atoms with Crippen LogP contribution >= 0.6 is 0 Å². The van der Waals surface area contributed by atoms with Gasteiger partial charge in [-0.15, -0.1) is 5.10 Å². The summed E-state index contributed by atoms with van der Waals surface area (Å²) in [7, 11) is 1.68. The highest BCUT2D eigenvalue weighted by atomic mass is 16.5. The summed E-state index contributed by atoms with van der Waals surface area (Å²) in [6.07, 6.45) is 4.67. The molecule has 3 aliphatic rings. The molecule has 0 aliphatic carbocycles. The molecule has 0 unspecified atom stereocenters. The predicted octanol–water partition coefficient (Wildman–Crippen LogP) is 2.22. The second-order valence-electron chi connectivity index (χ2n) is 6.02. The topological polar surface area (TPSA) is 43.2 Å². The molecule has 0 N–H and O–H groups in total. The SMILES string of the molecule is COc1cccc(-c2cn([C@H]3CN4CCC3CC4)nn2)c1. The van der Waals surface area contributed by atoms with Gasteiger partial charge >= 0.3 is 0 Å². The molecule has 0 saturated carbocycles. The van der Waals surface area contributed by atoms with Crippen molar-refractivity contribution in [1.82, 2.24) is 19.9 Å². The van der Waals surface area contributed by atoms with Crippen molar-refractivity contribution in [3.63, 3.8) is 0 Å². The van der Waals surface area contributed by atoms with Gasteiger partial charge in [0.1, 0.15) is 11.4 Å². The number of methoxy groups -OCH3 is 1. The minimum absolute atomic E-state index is 0.486. The Labute approximate surface area is 124 Å². The molecule has 5 rings (SSSR count). The lowest BCUT2D eigenvalue weighted by atomic mass is 9.84. The highest BCUT2D eigenvalue weighted by Crippen LogP contribution is 2.35. The monoisotopic (exact) mass is 284 g/mol. The van der Waals surface area contributed by atoms with Gasteiger partial charge in [-0.25, -0.2) is 4.68 Å². The molecule has 110 valence electrons. The average Bonchev–Trinajstić information content (AvgIpc) is 3.06. The van der Waals surface area contributed by atoms with Crippen molar-refractivity contribution in [2.24, 2.45) is 5.92 Å². The number of ether oxygens (including phenoxy) is 1. The molecule has 2 aromatic rings. The lowest BCUT2D eigenvalue weighted by Crippen LogP contribution is -2.48.